The van der Waals surface area contributed by atoms with Crippen LogP contribution in [0.1, 0.15) is 76.0 Å². The molecule has 1 rings (SSSR count). The molecule has 1 unspecified atom stereocenters. The summed E-state index contributed by atoms with van der Waals surface area (Å²) < 4.78 is 5.34. The van der Waals surface area contributed by atoms with E-state index in [1.54, 1.807) is 0 Å². The molecule has 0 saturated carbocycles. The number of ether oxygens (including phenoxy) is 1. The van der Waals surface area contributed by atoms with E-state index in [2.05, 4.69) is 31.7 Å². The minimum atomic E-state index is -0.363. The fraction of sp³-hybridized carbons (Fsp3) is 0.550. The lowest BCUT2D eigenvalue weighted by molar-refractivity contribution is -0.142. The van der Waals surface area contributed by atoms with E-state index in [1.807, 2.05) is 13.0 Å². The lowest BCUT2D eigenvalue weighted by Crippen LogP contribution is -2.08. The second-order valence-corrected chi connectivity index (χ2v) is 5.85. The lowest BCUT2D eigenvalue weighted by Gasteiger charge is -2.16. The summed E-state index contributed by atoms with van der Waals surface area (Å²) in [5.41, 5.74) is 2.41. The van der Waals surface area contributed by atoms with Gasteiger partial charge in [0.25, 0.3) is 0 Å². The maximum atomic E-state index is 11.4. The van der Waals surface area contributed by atoms with E-state index >= 15 is 0 Å². The van der Waals surface area contributed by atoms with Crippen LogP contribution in [-0.4, -0.2) is 5.97 Å². The molecule has 0 aliphatic carbocycles. The quantitative estimate of drug-likeness (QED) is 0.295. The molecule has 0 heterocycles. The maximum Gasteiger partial charge on any atom is 0.330 e. The Morgan fingerprint density at radius 2 is 1.77 bits per heavy atom. The molecule has 0 N–H and O–H groups in total. The van der Waals surface area contributed by atoms with E-state index in [0.717, 1.165) is 12.0 Å². The second kappa shape index (κ2) is 11.1. The third-order valence-electron chi connectivity index (χ3n) is 4.00. The molecule has 2 heteroatoms. The molecule has 2 nitrogen and oxygen atoms in total. The van der Waals surface area contributed by atoms with Crippen LogP contribution in [0.4, 0.5) is 0 Å². The van der Waals surface area contributed by atoms with E-state index in [1.165, 1.54) is 56.6 Å². The molecule has 122 valence electrons. The van der Waals surface area contributed by atoms with Crippen molar-refractivity contribution in [1.29, 1.82) is 0 Å². The predicted molar refractivity (Wildman–Crippen MR) is 92.8 cm³/mol. The Hall–Kier alpha value is -1.57. The Morgan fingerprint density at radius 1 is 1.14 bits per heavy atom. The molecule has 0 saturated heterocycles. The number of hydrogen-bond acceptors (Lipinski definition) is 2. The highest BCUT2D eigenvalue weighted by Gasteiger charge is 2.13. The van der Waals surface area contributed by atoms with Crippen molar-refractivity contribution in [1.82, 2.24) is 0 Å². The van der Waals surface area contributed by atoms with Crippen LogP contribution in [0, 0.1) is 0 Å². The number of rotatable bonds is 11. The standard InChI is InChI=1S/C20H30O2/c1-4-6-7-8-9-10-11-14-18-15-12-13-16-19(18)17(3)22-20(21)5-2/h5,12-13,15-17H,2,4,6-11,14H2,1,3H3. The zero-order chi connectivity index (χ0) is 16.2. The van der Waals surface area contributed by atoms with Crippen molar-refractivity contribution >= 4 is 5.97 Å². The lowest BCUT2D eigenvalue weighted by atomic mass is 9.97. The predicted octanol–water partition coefficient (Wildman–Crippen LogP) is 5.77. The third-order valence-corrected chi connectivity index (χ3v) is 4.00. The SMILES string of the molecule is C=CC(=O)OC(C)c1ccccc1CCCCCCCCC. The summed E-state index contributed by atoms with van der Waals surface area (Å²) in [5, 5.41) is 0. The molecule has 1 atom stereocenters. The van der Waals surface area contributed by atoms with Crippen LogP contribution in [0.15, 0.2) is 36.9 Å². The van der Waals surface area contributed by atoms with Crippen LogP contribution in [0.3, 0.4) is 0 Å². The van der Waals surface area contributed by atoms with Crippen LogP contribution < -0.4 is 0 Å². The van der Waals surface area contributed by atoms with Gasteiger partial charge in [-0.25, -0.2) is 4.79 Å². The van der Waals surface area contributed by atoms with Crippen molar-refractivity contribution in [3.63, 3.8) is 0 Å². The molecule has 0 aromatic heterocycles. The van der Waals surface area contributed by atoms with Gasteiger partial charge in [0.05, 0.1) is 0 Å². The Labute approximate surface area is 135 Å². The van der Waals surface area contributed by atoms with E-state index in [4.69, 9.17) is 4.74 Å². The van der Waals surface area contributed by atoms with E-state index in [0.29, 0.717) is 0 Å². The van der Waals surface area contributed by atoms with Gasteiger partial charge in [-0.05, 0) is 30.9 Å². The second-order valence-electron chi connectivity index (χ2n) is 5.85. The topological polar surface area (TPSA) is 26.3 Å². The molecule has 0 aliphatic rings. The number of hydrogen-bond donors (Lipinski definition) is 0. The number of carbonyl (C=O) groups excluding carboxylic acids is 1. The number of unbranched alkanes of at least 4 members (excludes halogenated alkanes) is 6. The molecule has 22 heavy (non-hydrogen) atoms. The van der Waals surface area contributed by atoms with E-state index in [-0.39, 0.29) is 12.1 Å². The number of aryl methyl sites for hydroxylation is 1. The largest absolute Gasteiger partial charge is 0.455 e. The first-order valence-electron chi connectivity index (χ1n) is 8.59. The van der Waals surface area contributed by atoms with Crippen molar-refractivity contribution in [3.8, 4) is 0 Å². The molecule has 1 aromatic rings. The van der Waals surface area contributed by atoms with Gasteiger partial charge in [-0.2, -0.15) is 0 Å². The molecular formula is C20H30O2. The van der Waals surface area contributed by atoms with Crippen molar-refractivity contribution in [2.24, 2.45) is 0 Å². The van der Waals surface area contributed by atoms with Gasteiger partial charge in [0.2, 0.25) is 0 Å². The van der Waals surface area contributed by atoms with Gasteiger partial charge in [-0.3, -0.25) is 0 Å². The normalized spacial score (nSPS) is 11.9. The molecule has 1 aromatic carbocycles. The van der Waals surface area contributed by atoms with Crippen LogP contribution >= 0.6 is 0 Å². The number of esters is 1. The third kappa shape index (κ3) is 6.93. The Bertz CT molecular complexity index is 451. The van der Waals surface area contributed by atoms with Crippen molar-refractivity contribution in [2.75, 3.05) is 0 Å². The summed E-state index contributed by atoms with van der Waals surface area (Å²) >= 11 is 0. The van der Waals surface area contributed by atoms with Crippen LogP contribution in [0.5, 0.6) is 0 Å². The number of carbonyl (C=O) groups is 1. The highest BCUT2D eigenvalue weighted by Crippen LogP contribution is 2.23. The maximum absolute atomic E-state index is 11.4. The first-order chi connectivity index (χ1) is 10.7. The first kappa shape index (κ1) is 18.5. The molecule has 0 fully saturated rings. The summed E-state index contributed by atoms with van der Waals surface area (Å²) in [4.78, 5) is 11.4. The van der Waals surface area contributed by atoms with E-state index < -0.39 is 0 Å². The van der Waals surface area contributed by atoms with Gasteiger partial charge >= 0.3 is 5.97 Å². The molecule has 0 amide bonds. The fourth-order valence-electron chi connectivity index (χ4n) is 2.72. The summed E-state index contributed by atoms with van der Waals surface area (Å²) in [6.07, 6.45) is 11.2. The first-order valence-corrected chi connectivity index (χ1v) is 8.59. The smallest absolute Gasteiger partial charge is 0.330 e. The average Bonchev–Trinajstić information content (AvgIpc) is 2.54. The van der Waals surface area contributed by atoms with Crippen molar-refractivity contribution < 1.29 is 9.53 Å². The zero-order valence-electron chi connectivity index (χ0n) is 14.1. The summed E-state index contributed by atoms with van der Waals surface area (Å²) in [6.45, 7) is 7.62. The van der Waals surface area contributed by atoms with Gasteiger partial charge in [0, 0.05) is 6.08 Å². The Balaban J connectivity index is 2.43. The molecule has 0 bridgehead atoms. The Kier molecular flexibility index (Phi) is 9.29. The minimum Gasteiger partial charge on any atom is -0.455 e. The molecule has 0 spiro atoms. The summed E-state index contributed by atoms with van der Waals surface area (Å²) in [7, 11) is 0. The van der Waals surface area contributed by atoms with Crippen molar-refractivity contribution in [2.45, 2.75) is 71.3 Å². The van der Waals surface area contributed by atoms with Crippen molar-refractivity contribution in [3.05, 3.63) is 48.0 Å². The zero-order valence-corrected chi connectivity index (χ0v) is 14.1. The average molecular weight is 302 g/mol. The van der Waals surface area contributed by atoms with Gasteiger partial charge in [-0.15, -0.1) is 0 Å². The van der Waals surface area contributed by atoms with Gasteiger partial charge < -0.3 is 4.74 Å². The van der Waals surface area contributed by atoms with Gasteiger partial charge in [0.1, 0.15) is 6.10 Å². The summed E-state index contributed by atoms with van der Waals surface area (Å²) in [5.74, 6) is -0.363. The number of benzene rings is 1. The van der Waals surface area contributed by atoms with Crippen LogP contribution in [-0.2, 0) is 16.0 Å². The molecular weight excluding hydrogens is 272 g/mol. The minimum absolute atomic E-state index is 0.216. The van der Waals surface area contributed by atoms with Crippen LogP contribution in [0.25, 0.3) is 0 Å². The molecule has 0 radical (unpaired) electrons. The Morgan fingerprint density at radius 3 is 2.45 bits per heavy atom. The van der Waals surface area contributed by atoms with Crippen LogP contribution in [0.2, 0.25) is 0 Å². The highest BCUT2D eigenvalue weighted by atomic mass is 16.5. The summed E-state index contributed by atoms with van der Waals surface area (Å²) in [6, 6.07) is 8.26. The fourth-order valence-corrected chi connectivity index (χ4v) is 2.72. The monoisotopic (exact) mass is 302 g/mol. The molecule has 0 aliphatic heterocycles. The van der Waals surface area contributed by atoms with Gasteiger partial charge in [-0.1, -0.05) is 76.3 Å². The highest BCUT2D eigenvalue weighted by molar-refractivity contribution is 5.81. The van der Waals surface area contributed by atoms with E-state index in [9.17, 15) is 4.79 Å². The van der Waals surface area contributed by atoms with Gasteiger partial charge in [0.15, 0.2) is 0 Å².